The third kappa shape index (κ3) is 6.25. The summed E-state index contributed by atoms with van der Waals surface area (Å²) in [5, 5.41) is 12.6. The predicted molar refractivity (Wildman–Crippen MR) is 270 cm³/mol. The fourth-order valence-corrected chi connectivity index (χ4v) is 9.98. The Labute approximate surface area is 367 Å². The van der Waals surface area contributed by atoms with E-state index in [0.29, 0.717) is 0 Å². The Morgan fingerprint density at radius 2 is 0.683 bits per heavy atom. The van der Waals surface area contributed by atoms with Crippen molar-refractivity contribution in [2.75, 3.05) is 4.90 Å². The van der Waals surface area contributed by atoms with E-state index in [-0.39, 0.29) is 0 Å². The molecule has 0 radical (unpaired) electrons. The number of rotatable bonds is 7. The van der Waals surface area contributed by atoms with E-state index in [9.17, 15) is 0 Å². The molecule has 0 aliphatic rings. The highest BCUT2D eigenvalue weighted by Crippen LogP contribution is 2.50. The molecule has 0 heterocycles. The van der Waals surface area contributed by atoms with Gasteiger partial charge in [-0.25, -0.2) is 0 Å². The number of benzene rings is 12. The molecule has 0 aromatic heterocycles. The number of para-hydroxylation sites is 2. The molecule has 12 rings (SSSR count). The molecular weight excluding hydrogens is 759 g/mol. The molecule has 1 heteroatoms. The van der Waals surface area contributed by atoms with Crippen LogP contribution in [-0.4, -0.2) is 0 Å². The van der Waals surface area contributed by atoms with Crippen molar-refractivity contribution in [1.29, 1.82) is 0 Å². The van der Waals surface area contributed by atoms with Crippen LogP contribution in [0.4, 0.5) is 17.1 Å². The standard InChI is InChI=1S/C62H41N/c1-5-19-42(20-6-1)57-41-58(43-33-36-49(37-34-43)63(47-24-9-3-10-25-47)48-26-11-4-12-27-48)61-54-32-18-17-31-53(54)59-40-46(35-38-55(59)62(61)60(57)44-21-7-2-8-22-44)56-39-45-23-13-14-28-50(45)51-29-15-16-30-52(51)56/h1-41H. The fourth-order valence-electron chi connectivity index (χ4n) is 9.98. The zero-order valence-corrected chi connectivity index (χ0v) is 34.6. The second-order valence-electron chi connectivity index (χ2n) is 16.4. The Morgan fingerprint density at radius 3 is 1.33 bits per heavy atom. The van der Waals surface area contributed by atoms with E-state index < -0.39 is 0 Å². The van der Waals surface area contributed by atoms with Crippen molar-refractivity contribution in [2.24, 2.45) is 0 Å². The lowest BCUT2D eigenvalue weighted by Crippen LogP contribution is -2.09. The summed E-state index contributed by atoms with van der Waals surface area (Å²) < 4.78 is 0. The highest BCUT2D eigenvalue weighted by atomic mass is 15.1. The molecule has 0 bridgehead atoms. The van der Waals surface area contributed by atoms with Crippen LogP contribution in [0.1, 0.15) is 0 Å². The average Bonchev–Trinajstić information content (AvgIpc) is 3.37. The Bertz CT molecular complexity index is 3590. The van der Waals surface area contributed by atoms with E-state index in [1.165, 1.54) is 98.4 Å². The summed E-state index contributed by atoms with van der Waals surface area (Å²) in [7, 11) is 0. The maximum atomic E-state index is 2.45. The van der Waals surface area contributed by atoms with Crippen LogP contribution in [-0.2, 0) is 0 Å². The summed E-state index contributed by atoms with van der Waals surface area (Å²) in [6.45, 7) is 0. The van der Waals surface area contributed by atoms with Gasteiger partial charge in [0.25, 0.3) is 0 Å². The van der Waals surface area contributed by atoms with Gasteiger partial charge in [0.05, 0.1) is 0 Å². The van der Waals surface area contributed by atoms with Crippen LogP contribution in [0.5, 0.6) is 0 Å². The van der Waals surface area contributed by atoms with Crippen LogP contribution in [0, 0.1) is 0 Å². The van der Waals surface area contributed by atoms with Gasteiger partial charge in [-0.1, -0.05) is 194 Å². The topological polar surface area (TPSA) is 3.24 Å². The normalized spacial score (nSPS) is 11.5. The van der Waals surface area contributed by atoms with Crippen molar-refractivity contribution in [1.82, 2.24) is 0 Å². The van der Waals surface area contributed by atoms with Gasteiger partial charge < -0.3 is 4.90 Å². The van der Waals surface area contributed by atoms with E-state index in [2.05, 4.69) is 254 Å². The van der Waals surface area contributed by atoms with Crippen LogP contribution < -0.4 is 4.90 Å². The van der Waals surface area contributed by atoms with Crippen molar-refractivity contribution >= 4 is 70.9 Å². The maximum Gasteiger partial charge on any atom is 0.0462 e. The molecule has 0 N–H and O–H groups in total. The SMILES string of the molecule is c1ccc(-c2cc(-c3ccc(N(c4ccccc4)c4ccccc4)cc3)c3c4ccccc4c4cc(-c5cc6ccccc6c6ccccc56)ccc4c3c2-c2ccccc2)cc1. The minimum Gasteiger partial charge on any atom is -0.311 e. The van der Waals surface area contributed by atoms with Crippen molar-refractivity contribution in [2.45, 2.75) is 0 Å². The summed E-state index contributed by atoms with van der Waals surface area (Å²) in [6, 6.07) is 91.1. The van der Waals surface area contributed by atoms with E-state index in [4.69, 9.17) is 0 Å². The lowest BCUT2D eigenvalue weighted by molar-refractivity contribution is 1.28. The number of nitrogens with zero attached hydrogens (tertiary/aromatic N) is 1. The summed E-state index contributed by atoms with van der Waals surface area (Å²) in [5.41, 5.74) is 13.0. The molecular formula is C62H41N. The molecule has 12 aromatic rings. The van der Waals surface area contributed by atoms with Gasteiger partial charge in [0, 0.05) is 17.1 Å². The molecule has 12 aromatic carbocycles. The largest absolute Gasteiger partial charge is 0.311 e. The molecule has 0 saturated heterocycles. The first kappa shape index (κ1) is 36.6. The van der Waals surface area contributed by atoms with Crippen molar-refractivity contribution in [3.05, 3.63) is 249 Å². The summed E-state index contributed by atoms with van der Waals surface area (Å²) in [6.07, 6.45) is 0. The van der Waals surface area contributed by atoms with Gasteiger partial charge in [-0.05, 0) is 153 Å². The molecule has 0 fully saturated rings. The van der Waals surface area contributed by atoms with Gasteiger partial charge in [0.2, 0.25) is 0 Å². The van der Waals surface area contributed by atoms with E-state index in [0.717, 1.165) is 17.1 Å². The predicted octanol–water partition coefficient (Wildman–Crippen LogP) is 17.6. The third-order valence-corrected chi connectivity index (χ3v) is 12.8. The zero-order chi connectivity index (χ0) is 41.7. The monoisotopic (exact) mass is 799 g/mol. The van der Waals surface area contributed by atoms with Crippen LogP contribution in [0.15, 0.2) is 249 Å². The number of hydrogen-bond donors (Lipinski definition) is 0. The Hall–Kier alpha value is -8.26. The molecule has 0 unspecified atom stereocenters. The zero-order valence-electron chi connectivity index (χ0n) is 34.6. The Balaban J connectivity index is 1.17. The lowest BCUT2D eigenvalue weighted by Gasteiger charge is -2.26. The molecule has 0 atom stereocenters. The van der Waals surface area contributed by atoms with Crippen LogP contribution in [0.2, 0.25) is 0 Å². The first-order valence-electron chi connectivity index (χ1n) is 21.8. The van der Waals surface area contributed by atoms with Gasteiger partial charge in [-0.15, -0.1) is 0 Å². The van der Waals surface area contributed by atoms with Crippen LogP contribution >= 0.6 is 0 Å². The minimum atomic E-state index is 1.11. The van der Waals surface area contributed by atoms with E-state index in [1.54, 1.807) is 0 Å². The van der Waals surface area contributed by atoms with Gasteiger partial charge >= 0.3 is 0 Å². The van der Waals surface area contributed by atoms with E-state index in [1.807, 2.05) is 0 Å². The Morgan fingerprint density at radius 1 is 0.222 bits per heavy atom. The molecule has 0 aliphatic heterocycles. The highest BCUT2D eigenvalue weighted by molar-refractivity contribution is 6.33. The van der Waals surface area contributed by atoms with Crippen LogP contribution in [0.3, 0.4) is 0 Å². The quantitative estimate of drug-likeness (QED) is 0.145. The molecule has 0 aliphatic carbocycles. The average molecular weight is 800 g/mol. The number of fused-ring (bicyclic) bond motifs is 9. The molecule has 0 amide bonds. The van der Waals surface area contributed by atoms with Gasteiger partial charge in [-0.3, -0.25) is 0 Å². The third-order valence-electron chi connectivity index (χ3n) is 12.8. The molecule has 1 nitrogen and oxygen atoms in total. The summed E-state index contributed by atoms with van der Waals surface area (Å²) in [5.74, 6) is 0. The maximum absolute atomic E-state index is 2.45. The summed E-state index contributed by atoms with van der Waals surface area (Å²) in [4.78, 5) is 2.33. The first-order chi connectivity index (χ1) is 31.3. The second kappa shape index (κ2) is 15.3. The summed E-state index contributed by atoms with van der Waals surface area (Å²) >= 11 is 0. The molecule has 0 saturated carbocycles. The van der Waals surface area contributed by atoms with Crippen molar-refractivity contribution in [3.8, 4) is 44.5 Å². The lowest BCUT2D eigenvalue weighted by atomic mass is 9.81. The highest BCUT2D eigenvalue weighted by Gasteiger charge is 2.23. The van der Waals surface area contributed by atoms with Crippen molar-refractivity contribution < 1.29 is 0 Å². The fraction of sp³-hybridized carbons (Fsp3) is 0. The van der Waals surface area contributed by atoms with Crippen molar-refractivity contribution in [3.63, 3.8) is 0 Å². The van der Waals surface area contributed by atoms with Gasteiger partial charge in [-0.2, -0.15) is 0 Å². The first-order valence-corrected chi connectivity index (χ1v) is 21.8. The Kier molecular flexibility index (Phi) is 8.90. The number of hydrogen-bond acceptors (Lipinski definition) is 1. The van der Waals surface area contributed by atoms with Crippen LogP contribution in [0.25, 0.3) is 98.4 Å². The van der Waals surface area contributed by atoms with Gasteiger partial charge in [0.1, 0.15) is 0 Å². The molecule has 0 spiro atoms. The molecule has 63 heavy (non-hydrogen) atoms. The second-order valence-corrected chi connectivity index (χ2v) is 16.4. The number of anilines is 3. The van der Waals surface area contributed by atoms with Gasteiger partial charge in [0.15, 0.2) is 0 Å². The minimum absolute atomic E-state index is 1.11. The molecule has 294 valence electrons. The van der Waals surface area contributed by atoms with E-state index >= 15 is 0 Å². The smallest absolute Gasteiger partial charge is 0.0462 e.